The number of carbonyl (C=O) groups is 1. The van der Waals surface area contributed by atoms with Gasteiger partial charge in [-0.05, 0) is 24.6 Å². The van der Waals surface area contributed by atoms with E-state index in [2.05, 4.69) is 0 Å². The van der Waals surface area contributed by atoms with Crippen LogP contribution in [-0.2, 0) is 10.0 Å². The van der Waals surface area contributed by atoms with Gasteiger partial charge in [0.15, 0.2) is 0 Å². The predicted molar refractivity (Wildman–Crippen MR) is 55.3 cm³/mol. The summed E-state index contributed by atoms with van der Waals surface area (Å²) in [6, 6.07) is 2.19. The molecule has 0 spiro atoms. The normalized spacial score (nSPS) is 11.4. The number of aromatic carboxylic acids is 1. The number of hydrogen-bond acceptors (Lipinski definition) is 4. The lowest BCUT2D eigenvalue weighted by atomic mass is 10.1. The van der Waals surface area contributed by atoms with Crippen LogP contribution in [0.2, 0.25) is 5.02 Å². The molecular formula is C8H8ClNO5S. The van der Waals surface area contributed by atoms with E-state index in [9.17, 15) is 13.2 Å². The fraction of sp³-hybridized carbons (Fsp3) is 0.125. The molecule has 8 heteroatoms. The molecule has 16 heavy (non-hydrogen) atoms. The summed E-state index contributed by atoms with van der Waals surface area (Å²) in [5, 5.41) is 17.2. The zero-order chi connectivity index (χ0) is 12.5. The topological polar surface area (TPSA) is 104 Å². The molecule has 0 fully saturated rings. The number of carboxylic acid groups (broad SMARTS) is 1. The summed E-state index contributed by atoms with van der Waals surface area (Å²) >= 11 is 5.59. The molecule has 0 bridgehead atoms. The number of sulfonamides is 1. The summed E-state index contributed by atoms with van der Waals surface area (Å²) in [6.07, 6.45) is 0. The van der Waals surface area contributed by atoms with Gasteiger partial charge in [-0.2, -0.15) is 0 Å². The molecule has 0 atom stereocenters. The van der Waals surface area contributed by atoms with Gasteiger partial charge in [0.1, 0.15) is 0 Å². The Bertz CT molecular complexity index is 540. The van der Waals surface area contributed by atoms with Crippen LogP contribution in [0.5, 0.6) is 0 Å². The third-order valence-electron chi connectivity index (χ3n) is 1.96. The van der Waals surface area contributed by atoms with Crippen molar-refractivity contribution in [1.29, 1.82) is 0 Å². The van der Waals surface area contributed by atoms with E-state index in [1.54, 1.807) is 0 Å². The van der Waals surface area contributed by atoms with E-state index in [0.29, 0.717) is 0 Å². The fourth-order valence-electron chi connectivity index (χ4n) is 1.20. The van der Waals surface area contributed by atoms with Gasteiger partial charge in [-0.3, -0.25) is 0 Å². The molecule has 6 nitrogen and oxygen atoms in total. The van der Waals surface area contributed by atoms with Crippen molar-refractivity contribution in [1.82, 2.24) is 4.89 Å². The SMILES string of the molecule is Cc1c(C(=O)O)cc(Cl)cc1S(=O)(=O)NO. The van der Waals surface area contributed by atoms with Crippen LogP contribution in [0.1, 0.15) is 15.9 Å². The van der Waals surface area contributed by atoms with Crippen LogP contribution >= 0.6 is 11.6 Å². The van der Waals surface area contributed by atoms with Crippen LogP contribution < -0.4 is 4.89 Å². The van der Waals surface area contributed by atoms with Gasteiger partial charge in [-0.25, -0.2) is 13.2 Å². The largest absolute Gasteiger partial charge is 0.478 e. The molecule has 1 aromatic carbocycles. The lowest BCUT2D eigenvalue weighted by Crippen LogP contribution is -2.21. The van der Waals surface area contributed by atoms with E-state index in [4.69, 9.17) is 21.9 Å². The van der Waals surface area contributed by atoms with Crippen LogP contribution in [0.3, 0.4) is 0 Å². The highest BCUT2D eigenvalue weighted by Gasteiger charge is 2.21. The zero-order valence-corrected chi connectivity index (χ0v) is 9.63. The van der Waals surface area contributed by atoms with E-state index in [0.717, 1.165) is 17.0 Å². The molecule has 1 rings (SSSR count). The Morgan fingerprint density at radius 3 is 2.44 bits per heavy atom. The molecule has 0 saturated heterocycles. The first-order valence-corrected chi connectivity index (χ1v) is 5.85. The maximum Gasteiger partial charge on any atom is 0.336 e. The molecule has 0 amide bonds. The summed E-state index contributed by atoms with van der Waals surface area (Å²) in [7, 11) is -4.15. The first-order valence-electron chi connectivity index (χ1n) is 3.99. The second kappa shape index (κ2) is 4.38. The molecule has 0 heterocycles. The Balaban J connectivity index is 3.60. The van der Waals surface area contributed by atoms with Crippen LogP contribution in [0.4, 0.5) is 0 Å². The highest BCUT2D eigenvalue weighted by molar-refractivity contribution is 7.89. The maximum absolute atomic E-state index is 11.3. The number of nitrogens with one attached hydrogen (secondary N) is 1. The Kier molecular flexibility index (Phi) is 3.54. The van der Waals surface area contributed by atoms with E-state index >= 15 is 0 Å². The van der Waals surface area contributed by atoms with E-state index < -0.39 is 16.0 Å². The number of halogens is 1. The zero-order valence-electron chi connectivity index (χ0n) is 8.06. The number of rotatable bonds is 3. The smallest absolute Gasteiger partial charge is 0.336 e. The van der Waals surface area contributed by atoms with Crippen molar-refractivity contribution >= 4 is 27.6 Å². The molecule has 0 aliphatic rings. The number of benzene rings is 1. The maximum atomic E-state index is 11.3. The monoisotopic (exact) mass is 265 g/mol. The summed E-state index contributed by atoms with van der Waals surface area (Å²) in [4.78, 5) is 11.5. The van der Waals surface area contributed by atoms with Gasteiger partial charge in [0.2, 0.25) is 0 Å². The van der Waals surface area contributed by atoms with E-state index in [-0.39, 0.29) is 21.0 Å². The lowest BCUT2D eigenvalue weighted by molar-refractivity contribution is 0.0695. The number of hydrogen-bond donors (Lipinski definition) is 3. The average molecular weight is 266 g/mol. The molecule has 0 saturated carbocycles. The Labute approximate surface area is 96.5 Å². The first-order chi connectivity index (χ1) is 7.29. The quantitative estimate of drug-likeness (QED) is 0.708. The van der Waals surface area contributed by atoms with Gasteiger partial charge in [0, 0.05) is 5.02 Å². The molecular weight excluding hydrogens is 258 g/mol. The first kappa shape index (κ1) is 12.9. The van der Waals surface area contributed by atoms with Gasteiger partial charge < -0.3 is 10.3 Å². The Morgan fingerprint density at radius 1 is 1.44 bits per heavy atom. The third kappa shape index (κ3) is 2.33. The minimum atomic E-state index is -4.15. The summed E-state index contributed by atoms with van der Waals surface area (Å²) < 4.78 is 22.7. The van der Waals surface area contributed by atoms with Crippen molar-refractivity contribution in [3.8, 4) is 0 Å². The fourth-order valence-corrected chi connectivity index (χ4v) is 2.38. The van der Waals surface area contributed by atoms with Gasteiger partial charge in [0.25, 0.3) is 10.0 Å². The molecule has 3 N–H and O–H groups in total. The Morgan fingerprint density at radius 2 is 2.00 bits per heavy atom. The van der Waals surface area contributed by atoms with Crippen molar-refractivity contribution in [2.45, 2.75) is 11.8 Å². The van der Waals surface area contributed by atoms with Crippen LogP contribution in [0, 0.1) is 6.92 Å². The summed E-state index contributed by atoms with van der Waals surface area (Å²) in [6.45, 7) is 1.31. The molecule has 0 radical (unpaired) electrons. The molecule has 0 aromatic heterocycles. The average Bonchev–Trinajstić information content (AvgIpc) is 2.20. The van der Waals surface area contributed by atoms with Crippen molar-refractivity contribution in [2.24, 2.45) is 0 Å². The number of carboxylic acids is 1. The molecule has 88 valence electrons. The molecule has 0 aliphatic heterocycles. The highest BCUT2D eigenvalue weighted by atomic mass is 35.5. The highest BCUT2D eigenvalue weighted by Crippen LogP contribution is 2.24. The van der Waals surface area contributed by atoms with Crippen LogP contribution in [-0.4, -0.2) is 24.7 Å². The minimum absolute atomic E-state index is 0.00144. The second-order valence-electron chi connectivity index (χ2n) is 2.98. The molecule has 0 unspecified atom stereocenters. The lowest BCUT2D eigenvalue weighted by Gasteiger charge is -2.09. The van der Waals surface area contributed by atoms with Crippen LogP contribution in [0.15, 0.2) is 17.0 Å². The van der Waals surface area contributed by atoms with Gasteiger partial charge in [-0.15, -0.1) is 0 Å². The standard InChI is InChI=1S/C8H8ClNO5S/c1-4-6(8(11)12)2-5(9)3-7(4)16(14,15)10-13/h2-3,10,13H,1H3,(H,11,12). The van der Waals surface area contributed by atoms with Gasteiger partial charge in [0.05, 0.1) is 10.5 Å². The predicted octanol–water partition coefficient (Wildman–Crippen LogP) is 1.01. The van der Waals surface area contributed by atoms with Crippen molar-refractivity contribution in [3.63, 3.8) is 0 Å². The molecule has 0 aliphatic carbocycles. The third-order valence-corrected chi connectivity index (χ3v) is 3.43. The summed E-state index contributed by atoms with van der Waals surface area (Å²) in [5.74, 6) is -1.30. The minimum Gasteiger partial charge on any atom is -0.478 e. The van der Waals surface area contributed by atoms with Crippen molar-refractivity contribution in [2.75, 3.05) is 0 Å². The second-order valence-corrected chi connectivity index (χ2v) is 5.04. The van der Waals surface area contributed by atoms with Crippen LogP contribution in [0.25, 0.3) is 0 Å². The van der Waals surface area contributed by atoms with Crippen molar-refractivity contribution in [3.05, 3.63) is 28.3 Å². The Hall–Kier alpha value is -1.15. The van der Waals surface area contributed by atoms with Crippen molar-refractivity contribution < 1.29 is 23.5 Å². The summed E-state index contributed by atoms with van der Waals surface area (Å²) in [5.41, 5.74) is -0.236. The van der Waals surface area contributed by atoms with E-state index in [1.807, 2.05) is 0 Å². The molecule has 1 aromatic rings. The van der Waals surface area contributed by atoms with Gasteiger partial charge >= 0.3 is 5.97 Å². The van der Waals surface area contributed by atoms with E-state index in [1.165, 1.54) is 6.92 Å². The van der Waals surface area contributed by atoms with Gasteiger partial charge in [-0.1, -0.05) is 16.5 Å².